The molecule has 122 valence electrons. The van der Waals surface area contributed by atoms with Gasteiger partial charge in [0.1, 0.15) is 0 Å². The Morgan fingerprint density at radius 2 is 1.74 bits per heavy atom. The van der Waals surface area contributed by atoms with Gasteiger partial charge < -0.3 is 4.74 Å². The molecule has 0 amide bonds. The van der Waals surface area contributed by atoms with Gasteiger partial charge in [-0.2, -0.15) is 0 Å². The number of carbonyl (C=O) groups is 2. The molecule has 0 saturated carbocycles. The highest BCUT2D eigenvalue weighted by Gasteiger charge is 2.10. The summed E-state index contributed by atoms with van der Waals surface area (Å²) >= 11 is 1.57. The first-order valence-electron chi connectivity index (χ1n) is 8.00. The Morgan fingerprint density at radius 3 is 2.48 bits per heavy atom. The van der Waals surface area contributed by atoms with Crippen molar-refractivity contribution in [3.8, 4) is 0 Å². The van der Waals surface area contributed by atoms with Gasteiger partial charge in [-0.3, -0.25) is 9.59 Å². The summed E-state index contributed by atoms with van der Waals surface area (Å²) in [6, 6.07) is 14.2. The molecule has 0 spiro atoms. The zero-order valence-electron chi connectivity index (χ0n) is 13.4. The third-order valence-corrected chi connectivity index (χ3v) is 4.62. The molecule has 23 heavy (non-hydrogen) atoms. The molecule has 0 radical (unpaired) electrons. The van der Waals surface area contributed by atoms with Crippen LogP contribution in [0.15, 0.2) is 42.5 Å². The Labute approximate surface area is 141 Å². The lowest BCUT2D eigenvalue weighted by Crippen LogP contribution is -2.04. The summed E-state index contributed by atoms with van der Waals surface area (Å²) in [6.07, 6.45) is 3.17. The van der Waals surface area contributed by atoms with E-state index in [1.54, 1.807) is 18.3 Å². The van der Waals surface area contributed by atoms with Gasteiger partial charge in [-0.25, -0.2) is 0 Å². The van der Waals surface area contributed by atoms with Crippen LogP contribution in [0.2, 0.25) is 0 Å². The topological polar surface area (TPSA) is 43.4 Å². The molecule has 2 rings (SSSR count). The first-order valence-corrected chi connectivity index (χ1v) is 8.82. The highest BCUT2D eigenvalue weighted by molar-refractivity contribution is 7.14. The molecule has 1 heterocycles. The van der Waals surface area contributed by atoms with Gasteiger partial charge >= 0.3 is 5.97 Å². The molecular weight excluding hydrogens is 308 g/mol. The van der Waals surface area contributed by atoms with E-state index in [0.29, 0.717) is 25.9 Å². The van der Waals surface area contributed by atoms with E-state index in [-0.39, 0.29) is 11.8 Å². The van der Waals surface area contributed by atoms with Crippen LogP contribution in [-0.2, 0) is 16.0 Å². The van der Waals surface area contributed by atoms with Gasteiger partial charge in [0.25, 0.3) is 0 Å². The van der Waals surface area contributed by atoms with E-state index in [1.807, 2.05) is 30.3 Å². The fourth-order valence-corrected chi connectivity index (χ4v) is 3.34. The molecule has 0 atom stereocenters. The van der Waals surface area contributed by atoms with Crippen molar-refractivity contribution < 1.29 is 14.3 Å². The van der Waals surface area contributed by atoms with Crippen molar-refractivity contribution in [1.82, 2.24) is 0 Å². The maximum Gasteiger partial charge on any atom is 0.305 e. The Kier molecular flexibility index (Phi) is 7.01. The van der Waals surface area contributed by atoms with Crippen LogP contribution in [0.4, 0.5) is 0 Å². The summed E-state index contributed by atoms with van der Waals surface area (Å²) in [7, 11) is 0. The number of Topliss-reactive ketones (excluding diaryl/α,β-unsaturated/α-hetero) is 1. The fraction of sp³-hybridized carbons (Fsp3) is 0.368. The molecule has 1 aromatic carbocycles. The maximum atomic E-state index is 12.2. The van der Waals surface area contributed by atoms with E-state index >= 15 is 0 Å². The first-order chi connectivity index (χ1) is 11.2. The predicted octanol–water partition coefficient (Wildman–Crippen LogP) is 4.65. The molecule has 0 saturated heterocycles. The lowest BCUT2D eigenvalue weighted by Gasteiger charge is -2.01. The molecule has 4 heteroatoms. The molecule has 0 aliphatic carbocycles. The Balaban J connectivity index is 1.76. The van der Waals surface area contributed by atoms with E-state index in [4.69, 9.17) is 4.74 Å². The molecule has 0 fully saturated rings. The Hall–Kier alpha value is -1.94. The smallest absolute Gasteiger partial charge is 0.305 e. The second-order valence-electron chi connectivity index (χ2n) is 5.36. The molecule has 2 aromatic rings. The molecule has 3 nitrogen and oxygen atoms in total. The third kappa shape index (κ3) is 5.99. The van der Waals surface area contributed by atoms with Crippen molar-refractivity contribution in [1.29, 1.82) is 0 Å². The quantitative estimate of drug-likeness (QED) is 0.382. The van der Waals surface area contributed by atoms with Crippen molar-refractivity contribution in [2.45, 2.75) is 39.0 Å². The van der Waals surface area contributed by atoms with E-state index in [0.717, 1.165) is 17.7 Å². The standard InChI is InChI=1S/C19H22O3S/c1-2-22-19(21)11-7-6-10-17(20)18-13-12-16(23-18)14-15-8-4-3-5-9-15/h3-5,8-9,12-13H,2,6-7,10-11,14H2,1H3. The summed E-state index contributed by atoms with van der Waals surface area (Å²) in [4.78, 5) is 25.4. The van der Waals surface area contributed by atoms with Crippen molar-refractivity contribution in [2.75, 3.05) is 6.61 Å². The van der Waals surface area contributed by atoms with Crippen LogP contribution in [0.3, 0.4) is 0 Å². The lowest BCUT2D eigenvalue weighted by molar-refractivity contribution is -0.143. The summed E-state index contributed by atoms with van der Waals surface area (Å²) in [6.45, 7) is 2.21. The summed E-state index contributed by atoms with van der Waals surface area (Å²) in [5.74, 6) is -0.0145. The fourth-order valence-electron chi connectivity index (χ4n) is 2.33. The number of ketones is 1. The van der Waals surface area contributed by atoms with Crippen molar-refractivity contribution in [3.05, 3.63) is 57.8 Å². The average Bonchev–Trinajstić information content (AvgIpc) is 3.01. The zero-order valence-corrected chi connectivity index (χ0v) is 14.2. The Bertz CT molecular complexity index is 631. The number of rotatable bonds is 9. The highest BCUT2D eigenvalue weighted by atomic mass is 32.1. The van der Waals surface area contributed by atoms with Gasteiger partial charge in [-0.05, 0) is 37.5 Å². The average molecular weight is 330 g/mol. The zero-order chi connectivity index (χ0) is 16.5. The number of ether oxygens (including phenoxy) is 1. The highest BCUT2D eigenvalue weighted by Crippen LogP contribution is 2.22. The van der Waals surface area contributed by atoms with Gasteiger partial charge in [0.15, 0.2) is 5.78 Å². The van der Waals surface area contributed by atoms with E-state index < -0.39 is 0 Å². The van der Waals surface area contributed by atoms with Gasteiger partial charge in [-0.1, -0.05) is 30.3 Å². The molecule has 0 N–H and O–H groups in total. The van der Waals surface area contributed by atoms with Gasteiger partial charge in [0, 0.05) is 24.1 Å². The molecular formula is C19H22O3S. The number of carbonyl (C=O) groups excluding carboxylic acids is 2. The molecule has 0 bridgehead atoms. The van der Waals surface area contributed by atoms with Crippen LogP contribution in [0.1, 0.15) is 52.7 Å². The SMILES string of the molecule is CCOC(=O)CCCCC(=O)c1ccc(Cc2ccccc2)s1. The molecule has 0 unspecified atom stereocenters. The van der Waals surface area contributed by atoms with E-state index in [2.05, 4.69) is 12.1 Å². The van der Waals surface area contributed by atoms with Crippen LogP contribution in [-0.4, -0.2) is 18.4 Å². The van der Waals surface area contributed by atoms with E-state index in [1.165, 1.54) is 10.4 Å². The van der Waals surface area contributed by atoms with Crippen LogP contribution in [0, 0.1) is 0 Å². The summed E-state index contributed by atoms with van der Waals surface area (Å²) in [5, 5.41) is 0. The second kappa shape index (κ2) is 9.26. The van der Waals surface area contributed by atoms with E-state index in [9.17, 15) is 9.59 Å². The van der Waals surface area contributed by atoms with Gasteiger partial charge in [-0.15, -0.1) is 11.3 Å². The predicted molar refractivity (Wildman–Crippen MR) is 93.0 cm³/mol. The number of unbranched alkanes of at least 4 members (excludes halogenated alkanes) is 1. The minimum absolute atomic E-state index is 0.165. The summed E-state index contributed by atoms with van der Waals surface area (Å²) in [5.41, 5.74) is 1.25. The van der Waals surface area contributed by atoms with Crippen LogP contribution < -0.4 is 0 Å². The van der Waals surface area contributed by atoms with Crippen LogP contribution >= 0.6 is 11.3 Å². The molecule has 0 aliphatic rings. The van der Waals surface area contributed by atoms with Gasteiger partial charge in [0.2, 0.25) is 0 Å². The number of benzene rings is 1. The van der Waals surface area contributed by atoms with Gasteiger partial charge in [0.05, 0.1) is 11.5 Å². The van der Waals surface area contributed by atoms with Crippen molar-refractivity contribution in [3.63, 3.8) is 0 Å². The monoisotopic (exact) mass is 330 g/mol. The minimum atomic E-state index is -0.179. The summed E-state index contributed by atoms with van der Waals surface area (Å²) < 4.78 is 4.87. The Morgan fingerprint density at radius 1 is 1.00 bits per heavy atom. The minimum Gasteiger partial charge on any atom is -0.466 e. The number of thiophene rings is 1. The largest absolute Gasteiger partial charge is 0.466 e. The van der Waals surface area contributed by atoms with Crippen LogP contribution in [0.25, 0.3) is 0 Å². The van der Waals surface area contributed by atoms with Crippen molar-refractivity contribution >= 4 is 23.1 Å². The van der Waals surface area contributed by atoms with Crippen molar-refractivity contribution in [2.24, 2.45) is 0 Å². The lowest BCUT2D eigenvalue weighted by atomic mass is 10.1. The number of hydrogen-bond acceptors (Lipinski definition) is 4. The van der Waals surface area contributed by atoms with Crippen LogP contribution in [0.5, 0.6) is 0 Å². The third-order valence-electron chi connectivity index (χ3n) is 3.50. The normalized spacial score (nSPS) is 10.5. The first kappa shape index (κ1) is 17.4. The molecule has 0 aliphatic heterocycles. The maximum absolute atomic E-state index is 12.2. The number of hydrogen-bond donors (Lipinski definition) is 0. The molecule has 1 aromatic heterocycles. The second-order valence-corrected chi connectivity index (χ2v) is 6.53. The number of esters is 1.